The van der Waals surface area contributed by atoms with Crippen LogP contribution >= 0.6 is 11.6 Å². The van der Waals surface area contributed by atoms with Gasteiger partial charge in [0, 0.05) is 23.8 Å². The minimum atomic E-state index is -0.137. The minimum absolute atomic E-state index is 0.00345. The summed E-state index contributed by atoms with van der Waals surface area (Å²) in [7, 11) is 0. The number of rotatable bonds is 5. The maximum Gasteiger partial charge on any atom is 0.258 e. The monoisotopic (exact) mass is 410 g/mol. The molecule has 1 aliphatic rings. The Labute approximate surface area is 174 Å². The molecular formula is C22H23ClN4O2. The van der Waals surface area contributed by atoms with Gasteiger partial charge in [-0.1, -0.05) is 23.7 Å². The zero-order valence-corrected chi connectivity index (χ0v) is 17.0. The lowest BCUT2D eigenvalue weighted by Gasteiger charge is -2.33. The molecule has 0 saturated carbocycles. The number of hydrogen-bond donors (Lipinski definition) is 1. The lowest BCUT2D eigenvalue weighted by Crippen LogP contribution is -2.41. The van der Waals surface area contributed by atoms with Gasteiger partial charge in [0.25, 0.3) is 5.88 Å². The highest BCUT2D eigenvalue weighted by Crippen LogP contribution is 2.31. The first kappa shape index (κ1) is 19.5. The second-order valence-electron chi connectivity index (χ2n) is 7.06. The largest absolute Gasteiger partial charge is 0.475 e. The lowest BCUT2D eigenvalue weighted by atomic mass is 9.97. The first-order valence-corrected chi connectivity index (χ1v) is 10.2. The predicted molar refractivity (Wildman–Crippen MR) is 116 cm³/mol. The molecule has 1 amide bonds. The van der Waals surface area contributed by atoms with Gasteiger partial charge in [-0.3, -0.25) is 4.79 Å². The van der Waals surface area contributed by atoms with E-state index in [1.807, 2.05) is 43.3 Å². The van der Waals surface area contributed by atoms with E-state index in [0.717, 1.165) is 36.1 Å². The van der Waals surface area contributed by atoms with Crippen LogP contribution in [-0.2, 0) is 4.79 Å². The summed E-state index contributed by atoms with van der Waals surface area (Å²) in [6.07, 6.45) is 1.74. The number of nitrogens with zero attached hydrogens (tertiary/aromatic N) is 3. The zero-order chi connectivity index (χ0) is 20.2. The number of carbonyl (C=O) groups excluding carboxylic acids is 1. The molecular weight excluding hydrogens is 388 g/mol. The van der Waals surface area contributed by atoms with E-state index in [2.05, 4.69) is 15.2 Å². The van der Waals surface area contributed by atoms with Gasteiger partial charge >= 0.3 is 0 Å². The van der Waals surface area contributed by atoms with Crippen LogP contribution in [0.2, 0.25) is 5.02 Å². The van der Waals surface area contributed by atoms with Gasteiger partial charge in [-0.05, 0) is 56.2 Å². The van der Waals surface area contributed by atoms with Crippen LogP contribution in [0, 0.1) is 5.92 Å². The number of fused-ring (bicyclic) bond motifs is 1. The third-order valence-electron chi connectivity index (χ3n) is 5.01. The maximum atomic E-state index is 12.8. The summed E-state index contributed by atoms with van der Waals surface area (Å²) in [5, 5.41) is 3.63. The van der Waals surface area contributed by atoms with Crippen molar-refractivity contribution < 1.29 is 9.53 Å². The van der Waals surface area contributed by atoms with Crippen molar-refractivity contribution in [2.24, 2.45) is 5.92 Å². The van der Waals surface area contributed by atoms with E-state index in [-0.39, 0.29) is 11.8 Å². The number of carbonyl (C=O) groups is 1. The van der Waals surface area contributed by atoms with Crippen LogP contribution in [0.5, 0.6) is 5.88 Å². The summed E-state index contributed by atoms with van der Waals surface area (Å²) >= 11 is 5.92. The van der Waals surface area contributed by atoms with Crippen LogP contribution in [0.4, 0.5) is 11.5 Å². The number of halogens is 1. The Hall–Kier alpha value is -2.86. The van der Waals surface area contributed by atoms with Gasteiger partial charge in [0.2, 0.25) is 5.91 Å². The fraction of sp³-hybridized carbons (Fsp3) is 0.318. The van der Waals surface area contributed by atoms with E-state index in [0.29, 0.717) is 29.9 Å². The average molecular weight is 411 g/mol. The summed E-state index contributed by atoms with van der Waals surface area (Å²) in [6, 6.07) is 14.9. The number of ether oxygens (including phenoxy) is 1. The number of nitrogens with one attached hydrogen (secondary N) is 1. The molecule has 2 aromatic carbocycles. The first-order valence-electron chi connectivity index (χ1n) is 9.85. The molecule has 0 spiro atoms. The number of aromatic nitrogens is 2. The highest BCUT2D eigenvalue weighted by molar-refractivity contribution is 6.30. The quantitative estimate of drug-likeness (QED) is 0.669. The van der Waals surface area contributed by atoms with Crippen molar-refractivity contribution in [3.05, 3.63) is 53.6 Å². The molecule has 1 aromatic heterocycles. The Bertz CT molecular complexity index is 1010. The van der Waals surface area contributed by atoms with Crippen LogP contribution < -0.4 is 15.0 Å². The fourth-order valence-electron chi connectivity index (χ4n) is 3.58. The van der Waals surface area contributed by atoms with Crippen molar-refractivity contribution in [3.63, 3.8) is 0 Å². The Balaban J connectivity index is 1.55. The van der Waals surface area contributed by atoms with Crippen molar-refractivity contribution >= 4 is 40.0 Å². The average Bonchev–Trinajstić information content (AvgIpc) is 2.75. The molecule has 1 fully saturated rings. The summed E-state index contributed by atoms with van der Waals surface area (Å²) < 4.78 is 5.77. The van der Waals surface area contributed by atoms with E-state index in [9.17, 15) is 4.79 Å². The Kier molecular flexibility index (Phi) is 5.81. The second-order valence-corrected chi connectivity index (χ2v) is 7.49. The Morgan fingerprint density at radius 3 is 2.62 bits per heavy atom. The molecule has 29 heavy (non-hydrogen) atoms. The standard InChI is InChI=1S/C22H23ClN4O2/c1-2-29-22-20(25-18-7-3-4-8-19(18)26-22)27-13-5-6-15(14-27)21(28)24-17-11-9-16(23)10-12-17/h3-4,7-12,15H,2,5-6,13-14H2,1H3,(H,24,28). The molecule has 6 nitrogen and oxygen atoms in total. The van der Waals surface area contributed by atoms with Gasteiger partial charge in [0.15, 0.2) is 5.82 Å². The lowest BCUT2D eigenvalue weighted by molar-refractivity contribution is -0.120. The maximum absolute atomic E-state index is 12.8. The number of hydrogen-bond acceptors (Lipinski definition) is 5. The third kappa shape index (κ3) is 4.43. The molecule has 3 aromatic rings. The van der Waals surface area contributed by atoms with Gasteiger partial charge in [0.05, 0.1) is 23.6 Å². The first-order chi connectivity index (χ1) is 14.1. The minimum Gasteiger partial charge on any atom is -0.475 e. The van der Waals surface area contributed by atoms with Crippen molar-refractivity contribution in [2.45, 2.75) is 19.8 Å². The molecule has 0 radical (unpaired) electrons. The number of para-hydroxylation sites is 2. The van der Waals surface area contributed by atoms with E-state index in [1.165, 1.54) is 0 Å². The molecule has 1 saturated heterocycles. The van der Waals surface area contributed by atoms with Crippen molar-refractivity contribution in [2.75, 3.05) is 29.9 Å². The number of anilines is 2. The highest BCUT2D eigenvalue weighted by atomic mass is 35.5. The van der Waals surface area contributed by atoms with E-state index in [1.54, 1.807) is 12.1 Å². The topological polar surface area (TPSA) is 67.4 Å². The van der Waals surface area contributed by atoms with E-state index >= 15 is 0 Å². The molecule has 1 unspecified atom stereocenters. The molecule has 0 bridgehead atoms. The van der Waals surface area contributed by atoms with Gasteiger partial charge < -0.3 is 15.0 Å². The Morgan fingerprint density at radius 2 is 1.90 bits per heavy atom. The molecule has 4 rings (SSSR count). The highest BCUT2D eigenvalue weighted by Gasteiger charge is 2.29. The SMILES string of the molecule is CCOc1nc2ccccc2nc1N1CCCC(C(=O)Nc2ccc(Cl)cc2)C1. The molecule has 1 atom stereocenters. The third-order valence-corrected chi connectivity index (χ3v) is 5.26. The van der Waals surface area contributed by atoms with Gasteiger partial charge in [0.1, 0.15) is 0 Å². The van der Waals surface area contributed by atoms with Gasteiger partial charge in [-0.15, -0.1) is 0 Å². The van der Waals surface area contributed by atoms with Crippen molar-refractivity contribution in [3.8, 4) is 5.88 Å². The molecule has 150 valence electrons. The summed E-state index contributed by atoms with van der Waals surface area (Å²) in [4.78, 5) is 24.4. The number of benzene rings is 2. The van der Waals surface area contributed by atoms with Crippen molar-refractivity contribution in [1.29, 1.82) is 0 Å². The smallest absolute Gasteiger partial charge is 0.258 e. The van der Waals surface area contributed by atoms with E-state index < -0.39 is 0 Å². The van der Waals surface area contributed by atoms with Crippen LogP contribution in [0.3, 0.4) is 0 Å². The van der Waals surface area contributed by atoms with Crippen molar-refractivity contribution in [1.82, 2.24) is 9.97 Å². The van der Waals surface area contributed by atoms with E-state index in [4.69, 9.17) is 21.3 Å². The van der Waals surface area contributed by atoms with Crippen LogP contribution in [0.15, 0.2) is 48.5 Å². The number of amides is 1. The number of piperidine rings is 1. The molecule has 7 heteroatoms. The normalized spacial score (nSPS) is 16.6. The Morgan fingerprint density at radius 1 is 1.17 bits per heavy atom. The predicted octanol–water partition coefficient (Wildman–Crippen LogP) is 4.54. The van der Waals surface area contributed by atoms with Crippen LogP contribution in [0.1, 0.15) is 19.8 Å². The van der Waals surface area contributed by atoms with Crippen LogP contribution in [0.25, 0.3) is 11.0 Å². The fourth-order valence-corrected chi connectivity index (χ4v) is 3.70. The summed E-state index contributed by atoms with van der Waals surface area (Å²) in [5.74, 6) is 1.09. The second kappa shape index (κ2) is 8.66. The van der Waals surface area contributed by atoms with Gasteiger partial charge in [-0.25, -0.2) is 9.97 Å². The molecule has 0 aliphatic carbocycles. The van der Waals surface area contributed by atoms with Crippen LogP contribution in [-0.4, -0.2) is 35.6 Å². The summed E-state index contributed by atoms with van der Waals surface area (Å²) in [6.45, 7) is 3.83. The molecule has 2 heterocycles. The zero-order valence-electron chi connectivity index (χ0n) is 16.3. The molecule has 1 aliphatic heterocycles. The molecule has 1 N–H and O–H groups in total. The summed E-state index contributed by atoms with van der Waals surface area (Å²) in [5.41, 5.74) is 2.37. The van der Waals surface area contributed by atoms with Gasteiger partial charge in [-0.2, -0.15) is 0 Å².